The van der Waals surface area contributed by atoms with Crippen LogP contribution in [-0.4, -0.2) is 30.9 Å². The molecule has 0 aliphatic carbocycles. The third-order valence-electron chi connectivity index (χ3n) is 5.79. The molecule has 0 radical (unpaired) electrons. The SMILES string of the molecule is Cc1ccc(C)c(C2CC(=O)Nc3c2c(C)nn3-c2nncc(-c3ccc(F)cc3)n2)c1. The Balaban J connectivity index is 1.63. The summed E-state index contributed by atoms with van der Waals surface area (Å²) in [5, 5.41) is 15.8. The Morgan fingerprint density at radius 2 is 1.88 bits per heavy atom. The Bertz CT molecular complexity index is 1350. The Kier molecular flexibility index (Phi) is 4.77. The molecule has 2 aromatic heterocycles. The molecule has 0 fully saturated rings. The second kappa shape index (κ2) is 7.64. The van der Waals surface area contributed by atoms with E-state index in [2.05, 4.69) is 50.7 Å². The van der Waals surface area contributed by atoms with Gasteiger partial charge in [0.1, 0.15) is 11.6 Å². The Hall–Kier alpha value is -3.94. The average molecular weight is 428 g/mol. The number of carbonyl (C=O) groups excluding carboxylic acids is 1. The van der Waals surface area contributed by atoms with Crippen molar-refractivity contribution in [2.24, 2.45) is 0 Å². The summed E-state index contributed by atoms with van der Waals surface area (Å²) < 4.78 is 14.8. The molecule has 7 nitrogen and oxygen atoms in total. The van der Waals surface area contributed by atoms with Crippen molar-refractivity contribution in [2.75, 3.05) is 5.32 Å². The number of nitrogens with zero attached hydrogens (tertiary/aromatic N) is 5. The first-order valence-electron chi connectivity index (χ1n) is 10.3. The van der Waals surface area contributed by atoms with Crippen LogP contribution in [0.15, 0.2) is 48.7 Å². The molecular weight excluding hydrogens is 407 g/mol. The molecule has 4 aromatic rings. The summed E-state index contributed by atoms with van der Waals surface area (Å²) in [6.07, 6.45) is 1.86. The zero-order valence-corrected chi connectivity index (χ0v) is 17.9. The summed E-state index contributed by atoms with van der Waals surface area (Å²) in [5.74, 6) is 0.265. The van der Waals surface area contributed by atoms with Gasteiger partial charge in [0.05, 0.1) is 17.6 Å². The molecule has 0 spiro atoms. The topological polar surface area (TPSA) is 85.6 Å². The monoisotopic (exact) mass is 428 g/mol. The van der Waals surface area contributed by atoms with E-state index in [1.165, 1.54) is 23.0 Å². The van der Waals surface area contributed by atoms with Gasteiger partial charge in [0.25, 0.3) is 5.95 Å². The molecule has 2 aromatic carbocycles. The quantitative estimate of drug-likeness (QED) is 0.527. The largest absolute Gasteiger partial charge is 0.310 e. The lowest BCUT2D eigenvalue weighted by molar-refractivity contribution is -0.116. The summed E-state index contributed by atoms with van der Waals surface area (Å²) in [4.78, 5) is 17.2. The van der Waals surface area contributed by atoms with Gasteiger partial charge >= 0.3 is 0 Å². The average Bonchev–Trinajstić information content (AvgIpc) is 3.11. The predicted molar refractivity (Wildman–Crippen MR) is 118 cm³/mol. The number of amides is 1. The Labute approximate surface area is 184 Å². The highest BCUT2D eigenvalue weighted by Crippen LogP contribution is 2.41. The summed E-state index contributed by atoms with van der Waals surface area (Å²) in [6, 6.07) is 12.3. The minimum absolute atomic E-state index is 0.0906. The van der Waals surface area contributed by atoms with Gasteiger partial charge in [-0.25, -0.2) is 9.37 Å². The fourth-order valence-electron chi connectivity index (χ4n) is 4.24. The highest BCUT2D eigenvalue weighted by molar-refractivity contribution is 5.95. The van der Waals surface area contributed by atoms with E-state index >= 15 is 0 Å². The minimum atomic E-state index is -0.326. The number of aryl methyl sites for hydroxylation is 3. The first-order valence-corrected chi connectivity index (χ1v) is 10.3. The first kappa shape index (κ1) is 20.0. The minimum Gasteiger partial charge on any atom is -0.310 e. The fraction of sp³-hybridized carbons (Fsp3) is 0.208. The van der Waals surface area contributed by atoms with Gasteiger partial charge in [-0.1, -0.05) is 23.8 Å². The summed E-state index contributed by atoms with van der Waals surface area (Å²) in [5.41, 5.74) is 6.37. The maximum absolute atomic E-state index is 13.3. The maximum atomic E-state index is 13.3. The molecule has 1 N–H and O–H groups in total. The van der Waals surface area contributed by atoms with Gasteiger partial charge in [0.2, 0.25) is 5.91 Å². The summed E-state index contributed by atoms with van der Waals surface area (Å²) in [6.45, 7) is 6.02. The van der Waals surface area contributed by atoms with E-state index in [9.17, 15) is 9.18 Å². The number of anilines is 1. The van der Waals surface area contributed by atoms with Crippen LogP contribution in [0.3, 0.4) is 0 Å². The van der Waals surface area contributed by atoms with Crippen LogP contribution in [0.1, 0.15) is 40.3 Å². The number of benzene rings is 2. The van der Waals surface area contributed by atoms with Gasteiger partial charge in [-0.05, 0) is 56.2 Å². The zero-order valence-electron chi connectivity index (χ0n) is 17.9. The molecule has 160 valence electrons. The van der Waals surface area contributed by atoms with E-state index in [0.29, 0.717) is 23.5 Å². The molecule has 1 amide bonds. The van der Waals surface area contributed by atoms with E-state index < -0.39 is 0 Å². The molecule has 0 saturated heterocycles. The lowest BCUT2D eigenvalue weighted by atomic mass is 9.83. The van der Waals surface area contributed by atoms with Gasteiger partial charge in [-0.2, -0.15) is 14.9 Å². The molecule has 0 saturated carbocycles. The van der Waals surface area contributed by atoms with Crippen LogP contribution in [-0.2, 0) is 4.79 Å². The molecule has 0 bridgehead atoms. The molecule has 1 aliphatic heterocycles. The van der Waals surface area contributed by atoms with Gasteiger partial charge in [0.15, 0.2) is 0 Å². The van der Waals surface area contributed by atoms with Crippen LogP contribution in [0.4, 0.5) is 10.2 Å². The lowest BCUT2D eigenvalue weighted by Crippen LogP contribution is -2.25. The molecule has 8 heteroatoms. The van der Waals surface area contributed by atoms with E-state index in [4.69, 9.17) is 0 Å². The Morgan fingerprint density at radius 3 is 2.66 bits per heavy atom. The molecular formula is C24H21FN6O. The molecule has 5 rings (SSSR count). The summed E-state index contributed by atoms with van der Waals surface area (Å²) >= 11 is 0. The van der Waals surface area contributed by atoms with Crippen LogP contribution < -0.4 is 5.32 Å². The number of halogens is 1. The van der Waals surface area contributed by atoms with Crippen LogP contribution >= 0.6 is 0 Å². The van der Waals surface area contributed by atoms with Crippen molar-refractivity contribution in [3.8, 4) is 17.2 Å². The van der Waals surface area contributed by atoms with Crippen LogP contribution in [0.25, 0.3) is 17.2 Å². The third kappa shape index (κ3) is 3.43. The number of hydrogen-bond acceptors (Lipinski definition) is 5. The third-order valence-corrected chi connectivity index (χ3v) is 5.79. The van der Waals surface area contributed by atoms with E-state index in [-0.39, 0.29) is 23.6 Å². The number of carbonyl (C=O) groups is 1. The second-order valence-corrected chi connectivity index (χ2v) is 8.07. The van der Waals surface area contributed by atoms with E-state index in [0.717, 1.165) is 27.9 Å². The van der Waals surface area contributed by atoms with Crippen LogP contribution in [0.2, 0.25) is 0 Å². The second-order valence-electron chi connectivity index (χ2n) is 8.07. The van der Waals surface area contributed by atoms with Gasteiger partial charge in [-0.15, -0.1) is 5.10 Å². The normalized spacial score (nSPS) is 15.4. The van der Waals surface area contributed by atoms with Crippen LogP contribution in [0, 0.1) is 26.6 Å². The number of hydrogen-bond donors (Lipinski definition) is 1. The van der Waals surface area contributed by atoms with Crippen molar-refractivity contribution in [2.45, 2.75) is 33.1 Å². The molecule has 1 atom stereocenters. The van der Waals surface area contributed by atoms with Crippen molar-refractivity contribution in [1.29, 1.82) is 0 Å². The van der Waals surface area contributed by atoms with Gasteiger partial charge in [-0.3, -0.25) is 4.79 Å². The van der Waals surface area contributed by atoms with Crippen molar-refractivity contribution in [3.63, 3.8) is 0 Å². The Morgan fingerprint density at radius 1 is 1.09 bits per heavy atom. The highest BCUT2D eigenvalue weighted by atomic mass is 19.1. The molecule has 32 heavy (non-hydrogen) atoms. The van der Waals surface area contributed by atoms with E-state index in [1.54, 1.807) is 12.1 Å². The fourth-order valence-corrected chi connectivity index (χ4v) is 4.24. The predicted octanol–water partition coefficient (Wildman–Crippen LogP) is 4.26. The highest BCUT2D eigenvalue weighted by Gasteiger charge is 2.34. The molecule has 1 unspecified atom stereocenters. The van der Waals surface area contributed by atoms with Gasteiger partial charge < -0.3 is 5.32 Å². The lowest BCUT2D eigenvalue weighted by Gasteiger charge is -2.25. The van der Waals surface area contributed by atoms with Crippen molar-refractivity contribution in [3.05, 3.63) is 82.4 Å². The zero-order chi connectivity index (χ0) is 22.4. The number of nitrogens with one attached hydrogen (secondary N) is 1. The molecule has 1 aliphatic rings. The van der Waals surface area contributed by atoms with Crippen LogP contribution in [0.5, 0.6) is 0 Å². The molecule has 3 heterocycles. The maximum Gasteiger partial charge on any atom is 0.272 e. The van der Waals surface area contributed by atoms with Crippen molar-refractivity contribution in [1.82, 2.24) is 25.0 Å². The van der Waals surface area contributed by atoms with Crippen molar-refractivity contribution < 1.29 is 9.18 Å². The number of fused-ring (bicyclic) bond motifs is 1. The summed E-state index contributed by atoms with van der Waals surface area (Å²) in [7, 11) is 0. The number of aromatic nitrogens is 5. The van der Waals surface area contributed by atoms with Crippen molar-refractivity contribution >= 4 is 11.7 Å². The van der Waals surface area contributed by atoms with Gasteiger partial charge in [0, 0.05) is 23.5 Å². The standard InChI is InChI=1S/C24H21FN6O/c1-13-4-5-14(2)18(10-13)19-11-21(32)28-23-22(19)15(3)30-31(23)24-27-20(12-26-29-24)16-6-8-17(25)9-7-16/h4-10,12,19H,11H2,1-3H3,(H,28,32). The van der Waals surface area contributed by atoms with E-state index in [1.807, 2.05) is 13.8 Å². The number of rotatable bonds is 3. The first-order chi connectivity index (χ1) is 15.4. The smallest absolute Gasteiger partial charge is 0.272 e.